The van der Waals surface area contributed by atoms with E-state index in [4.69, 9.17) is 9.84 Å². The van der Waals surface area contributed by atoms with Gasteiger partial charge in [-0.3, -0.25) is 14.9 Å². The van der Waals surface area contributed by atoms with Crippen molar-refractivity contribution in [3.63, 3.8) is 0 Å². The number of aliphatic hydroxyl groups is 1. The van der Waals surface area contributed by atoms with Gasteiger partial charge in [-0.15, -0.1) is 0 Å². The average molecular weight is 444 g/mol. The zero-order valence-electron chi connectivity index (χ0n) is 16.9. The minimum atomic E-state index is -1.20. The number of ether oxygens (including phenoxy) is 1. The lowest BCUT2D eigenvalue weighted by atomic mass is 9.91. The molecule has 0 saturated heterocycles. The molecule has 1 aliphatic carbocycles. The van der Waals surface area contributed by atoms with Gasteiger partial charge in [0.25, 0.3) is 5.91 Å². The fourth-order valence-corrected chi connectivity index (χ4v) is 3.12. The first-order chi connectivity index (χ1) is 15.3. The number of carboxylic acid groups (broad SMARTS) is 1. The van der Waals surface area contributed by atoms with E-state index < -0.39 is 30.5 Å². The zero-order valence-corrected chi connectivity index (χ0v) is 16.9. The van der Waals surface area contributed by atoms with Crippen molar-refractivity contribution in [3.8, 4) is 5.75 Å². The quantitative estimate of drug-likeness (QED) is 0.442. The number of hydrogen-bond acceptors (Lipinski definition) is 5. The third kappa shape index (κ3) is 6.47. The maximum Gasteiger partial charge on any atom is 0.317 e. The van der Waals surface area contributed by atoms with Gasteiger partial charge >= 0.3 is 5.97 Å². The first-order valence-corrected chi connectivity index (χ1v) is 9.81. The van der Waals surface area contributed by atoms with Gasteiger partial charge < -0.3 is 20.3 Å². The van der Waals surface area contributed by atoms with Gasteiger partial charge in [-0.05, 0) is 35.9 Å². The van der Waals surface area contributed by atoms with Gasteiger partial charge in [0.1, 0.15) is 30.2 Å². The van der Waals surface area contributed by atoms with Crippen LogP contribution in [0.4, 0.5) is 14.5 Å². The van der Waals surface area contributed by atoms with Gasteiger partial charge in [0.2, 0.25) is 0 Å². The van der Waals surface area contributed by atoms with Gasteiger partial charge in [0, 0.05) is 24.1 Å². The fourth-order valence-electron chi connectivity index (χ4n) is 3.12. The van der Waals surface area contributed by atoms with Gasteiger partial charge in [-0.2, -0.15) is 0 Å². The van der Waals surface area contributed by atoms with Crippen molar-refractivity contribution in [1.29, 1.82) is 0 Å². The summed E-state index contributed by atoms with van der Waals surface area (Å²) in [5, 5.41) is 23.2. The smallest absolute Gasteiger partial charge is 0.317 e. The fraction of sp³-hybridized carbons (Fsp3) is 0.217. The van der Waals surface area contributed by atoms with Crippen LogP contribution in [-0.2, 0) is 4.79 Å². The molecule has 4 N–H and O–H groups in total. The van der Waals surface area contributed by atoms with E-state index in [0.29, 0.717) is 17.0 Å². The van der Waals surface area contributed by atoms with E-state index in [1.807, 2.05) is 0 Å². The average Bonchev–Trinajstić information content (AvgIpc) is 2.76. The van der Waals surface area contributed by atoms with Crippen LogP contribution in [0.25, 0.3) is 0 Å². The molecule has 0 aromatic heterocycles. The molecule has 9 heteroatoms. The van der Waals surface area contributed by atoms with Crippen molar-refractivity contribution >= 4 is 17.6 Å². The molecule has 1 amide bonds. The molecule has 7 nitrogen and oxygen atoms in total. The first kappa shape index (κ1) is 23.1. The van der Waals surface area contributed by atoms with Crippen molar-refractivity contribution in [2.45, 2.75) is 18.6 Å². The van der Waals surface area contributed by atoms with E-state index in [9.17, 15) is 23.5 Å². The summed E-state index contributed by atoms with van der Waals surface area (Å²) in [6.07, 6.45) is 3.69. The number of rotatable bonds is 9. The van der Waals surface area contributed by atoms with Crippen LogP contribution < -0.4 is 15.4 Å². The number of halogens is 2. The second-order valence-electron chi connectivity index (χ2n) is 7.13. The summed E-state index contributed by atoms with van der Waals surface area (Å²) in [5.74, 6) is -2.77. The normalized spacial score (nSPS) is 16.2. The molecule has 0 radical (unpaired) electrons. The van der Waals surface area contributed by atoms with Gasteiger partial charge in [0.05, 0.1) is 12.1 Å². The highest BCUT2D eigenvalue weighted by Crippen LogP contribution is 2.30. The van der Waals surface area contributed by atoms with Crippen LogP contribution in [0.3, 0.4) is 0 Å². The highest BCUT2D eigenvalue weighted by Gasteiger charge is 2.18. The maximum absolute atomic E-state index is 14.3. The van der Waals surface area contributed by atoms with Crippen molar-refractivity contribution in [2.24, 2.45) is 0 Å². The van der Waals surface area contributed by atoms with E-state index in [2.05, 4.69) is 10.6 Å². The largest absolute Gasteiger partial charge is 0.489 e. The number of amides is 1. The number of hydrogen-bond donors (Lipinski definition) is 4. The number of aliphatic hydroxyl groups excluding tert-OH is 1. The number of carbonyl (C=O) groups excluding carboxylic acids is 1. The number of allylic oxidation sites excluding steroid dienone is 4. The van der Waals surface area contributed by atoms with Crippen LogP contribution >= 0.6 is 0 Å². The van der Waals surface area contributed by atoms with Crippen LogP contribution in [0.5, 0.6) is 5.75 Å². The van der Waals surface area contributed by atoms with E-state index in [1.54, 1.807) is 30.4 Å². The molecule has 2 aromatic rings. The first-order valence-electron chi connectivity index (χ1n) is 9.81. The van der Waals surface area contributed by atoms with Crippen LogP contribution in [-0.4, -0.2) is 41.5 Å². The van der Waals surface area contributed by atoms with Crippen molar-refractivity contribution in [2.75, 3.05) is 18.5 Å². The summed E-state index contributed by atoms with van der Waals surface area (Å²) >= 11 is 0. The Hall–Kier alpha value is -3.56. The van der Waals surface area contributed by atoms with Gasteiger partial charge in [-0.25, -0.2) is 8.78 Å². The van der Waals surface area contributed by atoms with Crippen molar-refractivity contribution in [3.05, 3.63) is 83.5 Å². The predicted molar refractivity (Wildman–Crippen MR) is 114 cm³/mol. The SMILES string of the molecule is O=C(O)CNC(O)COc1cccc(NC(=O)c2cc(C3C=CC=C(F)C3)ccc2F)c1. The van der Waals surface area contributed by atoms with Crippen molar-refractivity contribution in [1.82, 2.24) is 5.32 Å². The standard InChI is InChI=1S/C23H22F2N2O5/c24-16-4-1-3-14(9-16)15-7-8-20(25)19(10-15)23(31)27-17-5-2-6-18(11-17)32-13-21(28)26-12-22(29)30/h1-8,10-11,14,21,26,28H,9,12-13H2,(H,27,31)(H,29,30). The van der Waals surface area contributed by atoms with E-state index in [1.165, 1.54) is 30.3 Å². The molecule has 0 bridgehead atoms. The molecule has 0 heterocycles. The summed E-state index contributed by atoms with van der Waals surface area (Å²) in [6, 6.07) is 10.3. The number of nitrogens with one attached hydrogen (secondary N) is 2. The summed E-state index contributed by atoms with van der Waals surface area (Å²) in [7, 11) is 0. The van der Waals surface area contributed by atoms with Gasteiger partial charge in [0.15, 0.2) is 0 Å². The summed E-state index contributed by atoms with van der Waals surface area (Å²) in [6.45, 7) is -0.647. The minimum Gasteiger partial charge on any atom is -0.489 e. The van der Waals surface area contributed by atoms with Crippen molar-refractivity contribution < 1.29 is 33.3 Å². The van der Waals surface area contributed by atoms with Crippen LogP contribution in [0.1, 0.15) is 28.3 Å². The number of anilines is 1. The Morgan fingerprint density at radius 3 is 2.75 bits per heavy atom. The lowest BCUT2D eigenvalue weighted by Gasteiger charge is -2.16. The van der Waals surface area contributed by atoms with E-state index in [-0.39, 0.29) is 30.3 Å². The molecular formula is C23H22F2N2O5. The minimum absolute atomic E-state index is 0.149. The topological polar surface area (TPSA) is 108 Å². The molecule has 2 atom stereocenters. The molecule has 0 aliphatic heterocycles. The third-order valence-electron chi connectivity index (χ3n) is 4.69. The highest BCUT2D eigenvalue weighted by atomic mass is 19.1. The maximum atomic E-state index is 14.3. The Morgan fingerprint density at radius 2 is 2.00 bits per heavy atom. The zero-order chi connectivity index (χ0) is 23.1. The predicted octanol–water partition coefficient (Wildman–Crippen LogP) is 3.35. The van der Waals surface area contributed by atoms with E-state index in [0.717, 1.165) is 0 Å². The Labute approximate surface area is 183 Å². The molecule has 2 aromatic carbocycles. The lowest BCUT2D eigenvalue weighted by Crippen LogP contribution is -2.37. The molecule has 32 heavy (non-hydrogen) atoms. The number of aliphatic carboxylic acids is 1. The number of benzene rings is 2. The Bertz CT molecular complexity index is 1050. The summed E-state index contributed by atoms with van der Waals surface area (Å²) in [4.78, 5) is 23.1. The summed E-state index contributed by atoms with van der Waals surface area (Å²) in [5.41, 5.74) is 0.776. The third-order valence-corrected chi connectivity index (χ3v) is 4.69. The van der Waals surface area contributed by atoms with Crippen LogP contribution in [0, 0.1) is 5.82 Å². The lowest BCUT2D eigenvalue weighted by molar-refractivity contribution is -0.136. The summed E-state index contributed by atoms with van der Waals surface area (Å²) < 4.78 is 33.3. The Balaban J connectivity index is 1.65. The van der Waals surface area contributed by atoms with E-state index >= 15 is 0 Å². The molecule has 0 saturated carbocycles. The molecule has 168 valence electrons. The Kier molecular flexibility index (Phi) is 7.69. The van der Waals surface area contributed by atoms with Crippen LogP contribution in [0.15, 0.2) is 66.5 Å². The highest BCUT2D eigenvalue weighted by molar-refractivity contribution is 6.04. The second-order valence-corrected chi connectivity index (χ2v) is 7.13. The molecule has 0 fully saturated rings. The molecular weight excluding hydrogens is 422 g/mol. The second kappa shape index (κ2) is 10.7. The van der Waals surface area contributed by atoms with Gasteiger partial charge in [-0.1, -0.05) is 24.3 Å². The monoisotopic (exact) mass is 444 g/mol. The van der Waals surface area contributed by atoms with Crippen LogP contribution in [0.2, 0.25) is 0 Å². The molecule has 1 aliphatic rings. The molecule has 0 spiro atoms. The number of carbonyl (C=O) groups is 2. The molecule has 3 rings (SSSR count). The Morgan fingerprint density at radius 1 is 1.19 bits per heavy atom. The molecule has 2 unspecified atom stereocenters. The number of carboxylic acids is 1.